The summed E-state index contributed by atoms with van der Waals surface area (Å²) in [6.07, 6.45) is 2.83. The molecule has 0 aliphatic heterocycles. The number of nitrogens with zero attached hydrogens (tertiary/aromatic N) is 4. The van der Waals surface area contributed by atoms with Gasteiger partial charge in [-0.1, -0.05) is 18.2 Å². The molecule has 136 valence electrons. The smallest absolute Gasteiger partial charge is 0.191 e. The van der Waals surface area contributed by atoms with Crippen LogP contribution in [0.25, 0.3) is 5.65 Å². The van der Waals surface area contributed by atoms with Crippen LogP contribution < -0.4 is 15.4 Å². The first-order valence-corrected chi connectivity index (χ1v) is 8.74. The van der Waals surface area contributed by atoms with Gasteiger partial charge in [-0.15, -0.1) is 10.2 Å². The fraction of sp³-hybridized carbons (Fsp3) is 0.316. The number of hydrogen-bond donors (Lipinski definition) is 2. The summed E-state index contributed by atoms with van der Waals surface area (Å²) in [5, 5.41) is 15.0. The number of ether oxygens (including phenoxy) is 1. The molecule has 2 N–H and O–H groups in total. The van der Waals surface area contributed by atoms with Crippen molar-refractivity contribution in [2.75, 3.05) is 20.2 Å². The number of nitrogens with one attached hydrogen (secondary N) is 2. The molecule has 0 radical (unpaired) electrons. The van der Waals surface area contributed by atoms with E-state index in [4.69, 9.17) is 4.74 Å². The zero-order valence-electron chi connectivity index (χ0n) is 15.1. The maximum atomic E-state index is 5.26. The highest BCUT2D eigenvalue weighted by molar-refractivity contribution is 5.79. The van der Waals surface area contributed by atoms with Crippen LogP contribution in [0.3, 0.4) is 0 Å². The van der Waals surface area contributed by atoms with Gasteiger partial charge in [-0.3, -0.25) is 4.40 Å². The average molecular weight is 352 g/mol. The number of guanidine groups is 1. The predicted molar refractivity (Wildman–Crippen MR) is 103 cm³/mol. The van der Waals surface area contributed by atoms with Crippen LogP contribution in [0, 0.1) is 0 Å². The second-order valence-electron chi connectivity index (χ2n) is 5.77. The summed E-state index contributed by atoms with van der Waals surface area (Å²) < 4.78 is 7.21. The van der Waals surface area contributed by atoms with Crippen molar-refractivity contribution in [3.8, 4) is 5.75 Å². The molecule has 0 fully saturated rings. The van der Waals surface area contributed by atoms with Crippen LogP contribution in [-0.2, 0) is 13.0 Å². The van der Waals surface area contributed by atoms with Crippen molar-refractivity contribution in [2.45, 2.75) is 19.9 Å². The normalized spacial score (nSPS) is 11.5. The third-order valence-corrected chi connectivity index (χ3v) is 3.95. The fourth-order valence-corrected chi connectivity index (χ4v) is 2.64. The summed E-state index contributed by atoms with van der Waals surface area (Å²) in [6.45, 7) is 4.08. The maximum Gasteiger partial charge on any atom is 0.191 e. The van der Waals surface area contributed by atoms with Crippen LogP contribution in [-0.4, -0.2) is 40.8 Å². The number of fused-ring (bicyclic) bond motifs is 1. The van der Waals surface area contributed by atoms with Gasteiger partial charge in [0.2, 0.25) is 0 Å². The zero-order chi connectivity index (χ0) is 18.2. The number of methoxy groups -OCH3 is 1. The minimum atomic E-state index is 0.458. The van der Waals surface area contributed by atoms with Crippen molar-refractivity contribution in [1.29, 1.82) is 0 Å². The van der Waals surface area contributed by atoms with Crippen molar-refractivity contribution in [3.05, 3.63) is 60.0 Å². The lowest BCUT2D eigenvalue weighted by Crippen LogP contribution is -2.38. The van der Waals surface area contributed by atoms with Crippen LogP contribution in [0.1, 0.15) is 18.3 Å². The molecule has 0 bridgehead atoms. The van der Waals surface area contributed by atoms with E-state index in [1.165, 1.54) is 5.56 Å². The highest BCUT2D eigenvalue weighted by Gasteiger charge is 2.05. The lowest BCUT2D eigenvalue weighted by Gasteiger charge is -2.11. The van der Waals surface area contributed by atoms with Crippen LogP contribution in [0.15, 0.2) is 53.7 Å². The van der Waals surface area contributed by atoms with Crippen molar-refractivity contribution in [3.63, 3.8) is 0 Å². The molecule has 3 rings (SSSR count). The molecule has 0 amide bonds. The summed E-state index contributed by atoms with van der Waals surface area (Å²) in [6, 6.07) is 13.9. The number of benzene rings is 1. The van der Waals surface area contributed by atoms with E-state index in [1.807, 2.05) is 53.9 Å². The lowest BCUT2D eigenvalue weighted by molar-refractivity contribution is 0.414. The zero-order valence-corrected chi connectivity index (χ0v) is 15.1. The van der Waals surface area contributed by atoms with Gasteiger partial charge >= 0.3 is 0 Å². The van der Waals surface area contributed by atoms with Gasteiger partial charge in [0.15, 0.2) is 17.4 Å². The molecular weight excluding hydrogens is 328 g/mol. The molecule has 7 heteroatoms. The second kappa shape index (κ2) is 8.84. The van der Waals surface area contributed by atoms with E-state index >= 15 is 0 Å². The molecule has 0 unspecified atom stereocenters. The average Bonchev–Trinajstić information content (AvgIpc) is 3.09. The van der Waals surface area contributed by atoms with Gasteiger partial charge in [0.25, 0.3) is 0 Å². The van der Waals surface area contributed by atoms with Gasteiger partial charge in [-0.25, -0.2) is 4.99 Å². The minimum Gasteiger partial charge on any atom is -0.497 e. The maximum absolute atomic E-state index is 5.26. The summed E-state index contributed by atoms with van der Waals surface area (Å²) in [4.78, 5) is 4.62. The van der Waals surface area contributed by atoms with Crippen LogP contribution in [0.5, 0.6) is 5.75 Å². The number of aliphatic imine (C=N–C) groups is 1. The Hall–Kier alpha value is -3.09. The van der Waals surface area contributed by atoms with E-state index in [1.54, 1.807) is 7.11 Å². The molecule has 0 atom stereocenters. The van der Waals surface area contributed by atoms with Gasteiger partial charge in [0.1, 0.15) is 12.3 Å². The SMILES string of the molecule is CCNC(=NCc1nnc2ccccn12)NCCc1cccc(OC)c1. The highest BCUT2D eigenvalue weighted by Crippen LogP contribution is 2.12. The van der Waals surface area contributed by atoms with E-state index < -0.39 is 0 Å². The molecule has 0 saturated heterocycles. The Balaban J connectivity index is 1.60. The van der Waals surface area contributed by atoms with Crippen LogP contribution in [0.4, 0.5) is 0 Å². The fourth-order valence-electron chi connectivity index (χ4n) is 2.64. The summed E-state index contributed by atoms with van der Waals surface area (Å²) >= 11 is 0. The second-order valence-corrected chi connectivity index (χ2v) is 5.77. The molecule has 0 spiro atoms. The van der Waals surface area contributed by atoms with Crippen molar-refractivity contribution < 1.29 is 4.74 Å². The van der Waals surface area contributed by atoms with Gasteiger partial charge in [0, 0.05) is 19.3 Å². The third-order valence-electron chi connectivity index (χ3n) is 3.95. The topological polar surface area (TPSA) is 75.8 Å². The Kier molecular flexibility index (Phi) is 6.03. The Morgan fingerprint density at radius 3 is 2.92 bits per heavy atom. The number of rotatable bonds is 7. The Labute approximate surface area is 153 Å². The quantitative estimate of drug-likeness (QED) is 0.503. The molecule has 0 aliphatic rings. The molecule has 1 aromatic carbocycles. The molecule has 3 aromatic rings. The van der Waals surface area contributed by atoms with E-state index in [9.17, 15) is 0 Å². The molecule has 2 aromatic heterocycles. The van der Waals surface area contributed by atoms with Crippen LogP contribution >= 0.6 is 0 Å². The van der Waals surface area contributed by atoms with Gasteiger partial charge in [0.05, 0.1) is 7.11 Å². The summed E-state index contributed by atoms with van der Waals surface area (Å²) in [5.74, 6) is 2.45. The molecule has 0 aliphatic carbocycles. The summed E-state index contributed by atoms with van der Waals surface area (Å²) in [7, 11) is 1.68. The third kappa shape index (κ3) is 4.50. The van der Waals surface area contributed by atoms with E-state index in [0.717, 1.165) is 42.7 Å². The number of hydrogen-bond acceptors (Lipinski definition) is 4. The largest absolute Gasteiger partial charge is 0.497 e. The molecule has 26 heavy (non-hydrogen) atoms. The van der Waals surface area contributed by atoms with Gasteiger partial charge in [-0.2, -0.15) is 0 Å². The van der Waals surface area contributed by atoms with E-state index in [-0.39, 0.29) is 0 Å². The van der Waals surface area contributed by atoms with E-state index in [0.29, 0.717) is 6.54 Å². The monoisotopic (exact) mass is 352 g/mol. The van der Waals surface area contributed by atoms with Gasteiger partial charge in [-0.05, 0) is 43.2 Å². The van der Waals surface area contributed by atoms with Crippen molar-refractivity contribution in [1.82, 2.24) is 25.2 Å². The Bertz CT molecular complexity index is 873. The Morgan fingerprint density at radius 1 is 1.15 bits per heavy atom. The molecule has 0 saturated carbocycles. The minimum absolute atomic E-state index is 0.458. The first-order valence-electron chi connectivity index (χ1n) is 8.74. The first-order chi connectivity index (χ1) is 12.8. The standard InChI is InChI=1S/C19H24N6O/c1-3-20-19(21-11-10-15-7-6-8-16(13-15)26-2)22-14-18-24-23-17-9-4-5-12-25(17)18/h4-9,12-13H,3,10-11,14H2,1-2H3,(H2,20,21,22). The van der Waals surface area contributed by atoms with Crippen molar-refractivity contribution in [2.24, 2.45) is 4.99 Å². The van der Waals surface area contributed by atoms with Crippen molar-refractivity contribution >= 4 is 11.6 Å². The number of aromatic nitrogens is 3. The van der Waals surface area contributed by atoms with Crippen LogP contribution in [0.2, 0.25) is 0 Å². The van der Waals surface area contributed by atoms with Gasteiger partial charge < -0.3 is 15.4 Å². The van der Waals surface area contributed by atoms with E-state index in [2.05, 4.69) is 31.9 Å². The Morgan fingerprint density at radius 2 is 2.08 bits per heavy atom. The predicted octanol–water partition coefficient (Wildman–Crippen LogP) is 2.04. The first kappa shape index (κ1) is 17.7. The summed E-state index contributed by atoms with van der Waals surface area (Å²) in [5.41, 5.74) is 2.05. The molecular formula is C19H24N6O. The molecule has 7 nitrogen and oxygen atoms in total. The number of pyridine rings is 1. The highest BCUT2D eigenvalue weighted by atomic mass is 16.5. The lowest BCUT2D eigenvalue weighted by atomic mass is 10.1. The molecule has 2 heterocycles.